The Morgan fingerprint density at radius 3 is 2.28 bits per heavy atom. The van der Waals surface area contributed by atoms with Gasteiger partial charge in [0.2, 0.25) is 5.91 Å². The molecule has 1 amide bonds. The fourth-order valence-electron chi connectivity index (χ4n) is 2.22. The zero-order valence-corrected chi connectivity index (χ0v) is 11.4. The van der Waals surface area contributed by atoms with Gasteiger partial charge in [0.25, 0.3) is 0 Å². The maximum absolute atomic E-state index is 12.0. The average Bonchev–Trinajstić information content (AvgIpc) is 2.13. The number of aliphatic carboxylic acids is 1. The quantitative estimate of drug-likeness (QED) is 0.801. The highest BCUT2D eigenvalue weighted by Crippen LogP contribution is 2.26. The topological polar surface area (TPSA) is 75.6 Å². The van der Waals surface area contributed by atoms with Gasteiger partial charge < -0.3 is 15.2 Å². The van der Waals surface area contributed by atoms with E-state index in [0.717, 1.165) is 0 Å². The van der Waals surface area contributed by atoms with Crippen molar-refractivity contribution in [1.82, 2.24) is 5.32 Å². The third-order valence-electron chi connectivity index (χ3n) is 3.03. The molecule has 1 saturated heterocycles. The Bertz CT molecular complexity index is 313. The molecule has 0 bridgehead atoms. The van der Waals surface area contributed by atoms with Gasteiger partial charge in [-0.1, -0.05) is 20.8 Å². The summed E-state index contributed by atoms with van der Waals surface area (Å²) in [6.45, 7) is 6.97. The van der Waals surface area contributed by atoms with E-state index in [1.807, 2.05) is 20.8 Å². The molecular weight excluding hydrogens is 234 g/mol. The molecule has 1 fully saturated rings. The first-order valence-electron chi connectivity index (χ1n) is 6.33. The van der Waals surface area contributed by atoms with Crippen molar-refractivity contribution in [3.8, 4) is 0 Å². The van der Waals surface area contributed by atoms with E-state index < -0.39 is 11.5 Å². The van der Waals surface area contributed by atoms with Crippen LogP contribution in [0.3, 0.4) is 0 Å². The van der Waals surface area contributed by atoms with Crippen LogP contribution >= 0.6 is 0 Å². The summed E-state index contributed by atoms with van der Waals surface area (Å²) in [6.07, 6.45) is 1.49. The predicted octanol–water partition coefficient (Wildman–Crippen LogP) is 1.56. The van der Waals surface area contributed by atoms with Crippen LogP contribution < -0.4 is 5.32 Å². The van der Waals surface area contributed by atoms with Crippen LogP contribution in [0.1, 0.15) is 46.5 Å². The molecule has 18 heavy (non-hydrogen) atoms. The van der Waals surface area contributed by atoms with Crippen LogP contribution in [0.15, 0.2) is 0 Å². The molecule has 1 aliphatic heterocycles. The van der Waals surface area contributed by atoms with Crippen LogP contribution in [0.4, 0.5) is 0 Å². The smallest absolute Gasteiger partial charge is 0.305 e. The third kappa shape index (κ3) is 5.04. The summed E-state index contributed by atoms with van der Waals surface area (Å²) in [5.41, 5.74) is -0.730. The van der Waals surface area contributed by atoms with Crippen molar-refractivity contribution in [3.63, 3.8) is 0 Å². The fraction of sp³-hybridized carbons (Fsp3) is 0.846. The maximum Gasteiger partial charge on any atom is 0.305 e. The second kappa shape index (κ2) is 5.69. The standard InChI is InChI=1S/C13H23NO4/c1-12(2,3)8-10(15)14-13(9-11(16)17)4-6-18-7-5-13/h4-9H2,1-3H3,(H,14,15)(H,16,17). The maximum atomic E-state index is 12.0. The molecule has 0 atom stereocenters. The number of hydrogen-bond donors (Lipinski definition) is 2. The zero-order chi connectivity index (χ0) is 13.8. The van der Waals surface area contributed by atoms with E-state index in [1.54, 1.807) is 0 Å². The Morgan fingerprint density at radius 1 is 1.28 bits per heavy atom. The Kier molecular flexibility index (Phi) is 4.73. The monoisotopic (exact) mass is 257 g/mol. The van der Waals surface area contributed by atoms with Crippen molar-refractivity contribution in [2.24, 2.45) is 5.41 Å². The Hall–Kier alpha value is -1.10. The molecule has 104 valence electrons. The first-order chi connectivity index (χ1) is 8.22. The molecule has 0 saturated carbocycles. The molecule has 1 rings (SSSR count). The number of carbonyl (C=O) groups excluding carboxylic acids is 1. The van der Waals surface area contributed by atoms with E-state index in [-0.39, 0.29) is 17.7 Å². The lowest BCUT2D eigenvalue weighted by molar-refractivity contribution is -0.140. The highest BCUT2D eigenvalue weighted by Gasteiger charge is 2.36. The van der Waals surface area contributed by atoms with Gasteiger partial charge in [-0.05, 0) is 18.3 Å². The normalized spacial score (nSPS) is 19.3. The largest absolute Gasteiger partial charge is 0.481 e. The van der Waals surface area contributed by atoms with E-state index in [2.05, 4.69) is 5.32 Å². The molecule has 5 nitrogen and oxygen atoms in total. The minimum atomic E-state index is -0.882. The van der Waals surface area contributed by atoms with Gasteiger partial charge in [0.15, 0.2) is 0 Å². The summed E-state index contributed by atoms with van der Waals surface area (Å²) in [5.74, 6) is -0.960. The highest BCUT2D eigenvalue weighted by atomic mass is 16.5. The van der Waals surface area contributed by atoms with Gasteiger partial charge >= 0.3 is 5.97 Å². The van der Waals surface area contributed by atoms with Crippen LogP contribution in [0.25, 0.3) is 0 Å². The molecule has 0 aromatic heterocycles. The lowest BCUT2D eigenvalue weighted by Crippen LogP contribution is -2.53. The van der Waals surface area contributed by atoms with E-state index in [1.165, 1.54) is 0 Å². The Balaban J connectivity index is 2.66. The predicted molar refractivity (Wildman–Crippen MR) is 67.3 cm³/mol. The number of carbonyl (C=O) groups is 2. The first-order valence-corrected chi connectivity index (χ1v) is 6.33. The van der Waals surface area contributed by atoms with Crippen LogP contribution in [-0.2, 0) is 14.3 Å². The summed E-state index contributed by atoms with van der Waals surface area (Å²) in [6, 6.07) is 0. The van der Waals surface area contributed by atoms with Crippen molar-refractivity contribution in [2.45, 2.75) is 52.0 Å². The Morgan fingerprint density at radius 2 is 1.83 bits per heavy atom. The lowest BCUT2D eigenvalue weighted by Gasteiger charge is -2.37. The lowest BCUT2D eigenvalue weighted by atomic mass is 9.85. The molecular formula is C13H23NO4. The molecule has 0 aromatic carbocycles. The summed E-state index contributed by atoms with van der Waals surface area (Å²) in [5, 5.41) is 11.9. The molecule has 0 aromatic rings. The molecule has 5 heteroatoms. The van der Waals surface area contributed by atoms with Crippen molar-refractivity contribution in [2.75, 3.05) is 13.2 Å². The van der Waals surface area contributed by atoms with E-state index in [0.29, 0.717) is 32.5 Å². The Labute approximate surface area is 108 Å². The molecule has 1 aliphatic rings. The molecule has 0 spiro atoms. The number of rotatable bonds is 4. The average molecular weight is 257 g/mol. The van der Waals surface area contributed by atoms with Crippen LogP contribution in [0, 0.1) is 5.41 Å². The van der Waals surface area contributed by atoms with Crippen molar-refractivity contribution in [1.29, 1.82) is 0 Å². The van der Waals surface area contributed by atoms with Crippen molar-refractivity contribution < 1.29 is 19.4 Å². The zero-order valence-electron chi connectivity index (χ0n) is 11.4. The van der Waals surface area contributed by atoms with E-state index >= 15 is 0 Å². The van der Waals surface area contributed by atoms with E-state index in [4.69, 9.17) is 9.84 Å². The molecule has 0 unspecified atom stereocenters. The van der Waals surface area contributed by atoms with E-state index in [9.17, 15) is 9.59 Å². The summed E-state index contributed by atoms with van der Waals surface area (Å²) >= 11 is 0. The number of amides is 1. The number of ether oxygens (including phenoxy) is 1. The van der Waals surface area contributed by atoms with Gasteiger partial charge in [-0.3, -0.25) is 9.59 Å². The third-order valence-corrected chi connectivity index (χ3v) is 3.03. The SMILES string of the molecule is CC(C)(C)CC(=O)NC1(CC(=O)O)CCOCC1. The molecule has 2 N–H and O–H groups in total. The summed E-state index contributed by atoms with van der Waals surface area (Å²) < 4.78 is 5.24. The molecule has 0 radical (unpaired) electrons. The van der Waals surface area contributed by atoms with Gasteiger partial charge in [0.05, 0.1) is 12.0 Å². The minimum absolute atomic E-state index is 0.0355. The summed E-state index contributed by atoms with van der Waals surface area (Å²) in [4.78, 5) is 22.9. The van der Waals surface area contributed by atoms with Crippen LogP contribution in [0.5, 0.6) is 0 Å². The van der Waals surface area contributed by atoms with Gasteiger partial charge in [-0.25, -0.2) is 0 Å². The second-order valence-corrected chi connectivity index (χ2v) is 6.25. The second-order valence-electron chi connectivity index (χ2n) is 6.25. The minimum Gasteiger partial charge on any atom is -0.481 e. The number of hydrogen-bond acceptors (Lipinski definition) is 3. The van der Waals surface area contributed by atoms with Gasteiger partial charge in [0, 0.05) is 19.6 Å². The van der Waals surface area contributed by atoms with Gasteiger partial charge in [-0.2, -0.15) is 0 Å². The molecule has 0 aliphatic carbocycles. The number of nitrogens with one attached hydrogen (secondary N) is 1. The van der Waals surface area contributed by atoms with Gasteiger partial charge in [0.1, 0.15) is 0 Å². The fourth-order valence-corrected chi connectivity index (χ4v) is 2.22. The number of carboxylic acid groups (broad SMARTS) is 1. The highest BCUT2D eigenvalue weighted by molar-refractivity contribution is 5.78. The van der Waals surface area contributed by atoms with Crippen LogP contribution in [0.2, 0.25) is 0 Å². The van der Waals surface area contributed by atoms with Crippen LogP contribution in [-0.4, -0.2) is 35.7 Å². The molecule has 1 heterocycles. The van der Waals surface area contributed by atoms with Crippen molar-refractivity contribution in [3.05, 3.63) is 0 Å². The number of carboxylic acids is 1. The van der Waals surface area contributed by atoms with Crippen molar-refractivity contribution >= 4 is 11.9 Å². The summed E-state index contributed by atoms with van der Waals surface area (Å²) in [7, 11) is 0. The van der Waals surface area contributed by atoms with Gasteiger partial charge in [-0.15, -0.1) is 0 Å². The first kappa shape index (κ1) is 15.0.